The Morgan fingerprint density at radius 1 is 1.30 bits per heavy atom. The van der Waals surface area contributed by atoms with E-state index in [0.717, 1.165) is 18.4 Å². The van der Waals surface area contributed by atoms with E-state index in [2.05, 4.69) is 14.6 Å². The standard InChI is InChI=1S/C23H32N4O5S/c1-16-12-27(17(2)15-28)23(29)20-11-19(25-33(4,30)31)5-6-21(20)32-22(16)14-26(3)13-18-7-9-24-10-8-18/h5-11,16-17,22,25,28H,12-15H2,1-4H3/t16-,17-,22+/m1/s1. The Balaban J connectivity index is 1.91. The number of hydrogen-bond donors (Lipinski definition) is 2. The number of nitrogens with one attached hydrogen (secondary N) is 1. The monoisotopic (exact) mass is 476 g/mol. The van der Waals surface area contributed by atoms with Gasteiger partial charge >= 0.3 is 0 Å². The highest BCUT2D eigenvalue weighted by molar-refractivity contribution is 7.92. The average Bonchev–Trinajstić information content (AvgIpc) is 2.75. The molecule has 0 aliphatic carbocycles. The van der Waals surface area contributed by atoms with Crippen LogP contribution in [0.15, 0.2) is 42.7 Å². The highest BCUT2D eigenvalue weighted by atomic mass is 32.2. The Labute approximate surface area is 195 Å². The second kappa shape index (κ2) is 10.5. The average molecular weight is 477 g/mol. The molecule has 0 bridgehead atoms. The zero-order valence-electron chi connectivity index (χ0n) is 19.4. The lowest BCUT2D eigenvalue weighted by Gasteiger charge is -2.38. The topological polar surface area (TPSA) is 112 Å². The summed E-state index contributed by atoms with van der Waals surface area (Å²) in [6.45, 7) is 5.37. The summed E-state index contributed by atoms with van der Waals surface area (Å²) in [7, 11) is -1.50. The molecule has 1 amide bonds. The number of sulfonamides is 1. The number of amides is 1. The third kappa shape index (κ3) is 6.66. The lowest BCUT2D eigenvalue weighted by Crippen LogP contribution is -2.49. The highest BCUT2D eigenvalue weighted by Crippen LogP contribution is 2.31. The normalized spacial score (nSPS) is 19.9. The van der Waals surface area contributed by atoms with Crippen LogP contribution >= 0.6 is 0 Å². The van der Waals surface area contributed by atoms with Crippen LogP contribution in [-0.2, 0) is 16.6 Å². The van der Waals surface area contributed by atoms with Gasteiger partial charge in [-0.1, -0.05) is 6.92 Å². The van der Waals surface area contributed by atoms with Gasteiger partial charge in [0.05, 0.1) is 24.5 Å². The van der Waals surface area contributed by atoms with E-state index < -0.39 is 16.1 Å². The van der Waals surface area contributed by atoms with Crippen LogP contribution in [0, 0.1) is 5.92 Å². The molecule has 3 rings (SSSR count). The van der Waals surface area contributed by atoms with E-state index in [4.69, 9.17) is 4.74 Å². The number of carbonyl (C=O) groups excluding carboxylic acids is 1. The molecule has 2 N–H and O–H groups in total. The largest absolute Gasteiger partial charge is 0.488 e. The molecular formula is C23H32N4O5S. The summed E-state index contributed by atoms with van der Waals surface area (Å²) in [5.41, 5.74) is 1.68. The fourth-order valence-electron chi connectivity index (χ4n) is 3.89. The van der Waals surface area contributed by atoms with Gasteiger partial charge in [-0.2, -0.15) is 0 Å². The molecule has 1 aromatic carbocycles. The number of fused-ring (bicyclic) bond motifs is 1. The van der Waals surface area contributed by atoms with Crippen molar-refractivity contribution in [2.24, 2.45) is 5.92 Å². The number of ether oxygens (including phenoxy) is 1. The van der Waals surface area contributed by atoms with Crippen LogP contribution in [0.4, 0.5) is 5.69 Å². The van der Waals surface area contributed by atoms with Crippen molar-refractivity contribution in [3.63, 3.8) is 0 Å². The Hall–Kier alpha value is -2.69. The van der Waals surface area contributed by atoms with E-state index in [0.29, 0.717) is 18.8 Å². The molecule has 0 radical (unpaired) electrons. The number of anilines is 1. The predicted octanol–water partition coefficient (Wildman–Crippen LogP) is 1.81. The smallest absolute Gasteiger partial charge is 0.258 e. The van der Waals surface area contributed by atoms with Crippen molar-refractivity contribution in [1.82, 2.24) is 14.8 Å². The van der Waals surface area contributed by atoms with Gasteiger partial charge in [-0.05, 0) is 49.9 Å². The second-order valence-electron chi connectivity index (χ2n) is 8.76. The molecule has 10 heteroatoms. The molecule has 3 atom stereocenters. The number of aromatic nitrogens is 1. The summed E-state index contributed by atoms with van der Waals surface area (Å²) in [6.07, 6.45) is 4.34. The van der Waals surface area contributed by atoms with Crippen LogP contribution in [0.1, 0.15) is 29.8 Å². The van der Waals surface area contributed by atoms with Crippen molar-refractivity contribution in [1.29, 1.82) is 0 Å². The Morgan fingerprint density at radius 3 is 2.64 bits per heavy atom. The molecule has 2 heterocycles. The molecular weight excluding hydrogens is 444 g/mol. The number of likely N-dealkylation sites (N-methyl/N-ethyl adjacent to an activating group) is 1. The molecule has 180 valence electrons. The van der Waals surface area contributed by atoms with Gasteiger partial charge in [0.25, 0.3) is 5.91 Å². The van der Waals surface area contributed by atoms with Gasteiger partial charge in [-0.25, -0.2) is 8.42 Å². The van der Waals surface area contributed by atoms with Gasteiger partial charge in [-0.15, -0.1) is 0 Å². The fourth-order valence-corrected chi connectivity index (χ4v) is 4.44. The molecule has 0 saturated carbocycles. The first-order valence-electron chi connectivity index (χ1n) is 10.8. The lowest BCUT2D eigenvalue weighted by molar-refractivity contribution is 0.0341. The number of hydrogen-bond acceptors (Lipinski definition) is 7. The minimum atomic E-state index is -3.50. The fraction of sp³-hybridized carbons (Fsp3) is 0.478. The van der Waals surface area contributed by atoms with Crippen molar-refractivity contribution in [2.45, 2.75) is 32.5 Å². The zero-order valence-corrected chi connectivity index (χ0v) is 20.2. The minimum absolute atomic E-state index is 0.00943. The maximum absolute atomic E-state index is 13.4. The quantitative estimate of drug-likeness (QED) is 0.598. The van der Waals surface area contributed by atoms with E-state index in [9.17, 15) is 18.3 Å². The Morgan fingerprint density at radius 2 is 2.00 bits per heavy atom. The van der Waals surface area contributed by atoms with Crippen molar-refractivity contribution in [3.8, 4) is 5.75 Å². The maximum Gasteiger partial charge on any atom is 0.258 e. The van der Waals surface area contributed by atoms with Crippen LogP contribution in [0.2, 0.25) is 0 Å². The number of pyridine rings is 1. The van der Waals surface area contributed by atoms with Gasteiger partial charge in [0.2, 0.25) is 10.0 Å². The Kier molecular flexibility index (Phi) is 7.93. The molecule has 9 nitrogen and oxygen atoms in total. The molecule has 0 unspecified atom stereocenters. The third-order valence-electron chi connectivity index (χ3n) is 5.66. The number of aliphatic hydroxyl groups is 1. The number of nitrogens with zero attached hydrogens (tertiary/aromatic N) is 3. The van der Waals surface area contributed by atoms with Crippen LogP contribution < -0.4 is 9.46 Å². The number of benzene rings is 1. The highest BCUT2D eigenvalue weighted by Gasteiger charge is 2.33. The molecule has 33 heavy (non-hydrogen) atoms. The SMILES string of the molecule is C[C@@H]1CN([C@H](C)CO)C(=O)c2cc(NS(C)(=O)=O)ccc2O[C@H]1CN(C)Cc1ccncc1. The van der Waals surface area contributed by atoms with E-state index in [1.165, 1.54) is 6.07 Å². The van der Waals surface area contributed by atoms with Crippen molar-refractivity contribution in [2.75, 3.05) is 37.7 Å². The van der Waals surface area contributed by atoms with Gasteiger partial charge in [-0.3, -0.25) is 19.4 Å². The van der Waals surface area contributed by atoms with E-state index in [-0.39, 0.29) is 35.8 Å². The van der Waals surface area contributed by atoms with Crippen LogP contribution in [0.3, 0.4) is 0 Å². The molecule has 0 saturated heterocycles. The summed E-state index contributed by atoms with van der Waals surface area (Å²) in [6, 6.07) is 8.23. The van der Waals surface area contributed by atoms with Crippen molar-refractivity contribution < 1.29 is 23.1 Å². The molecule has 2 aromatic rings. The van der Waals surface area contributed by atoms with Gasteiger partial charge in [0.1, 0.15) is 11.9 Å². The lowest BCUT2D eigenvalue weighted by atomic mass is 9.99. The number of rotatable bonds is 8. The van der Waals surface area contributed by atoms with Crippen molar-refractivity contribution >= 4 is 21.6 Å². The van der Waals surface area contributed by atoms with E-state index >= 15 is 0 Å². The first kappa shape index (κ1) is 24.9. The second-order valence-corrected chi connectivity index (χ2v) is 10.5. The molecule has 1 aliphatic rings. The third-order valence-corrected chi connectivity index (χ3v) is 6.27. The molecule has 0 fully saturated rings. The number of carbonyl (C=O) groups is 1. The zero-order chi connectivity index (χ0) is 24.2. The van der Waals surface area contributed by atoms with Gasteiger partial charge in [0, 0.05) is 43.6 Å². The maximum atomic E-state index is 13.4. The summed E-state index contributed by atoms with van der Waals surface area (Å²) in [4.78, 5) is 21.2. The van der Waals surface area contributed by atoms with Crippen LogP contribution in [-0.4, -0.2) is 79.4 Å². The predicted molar refractivity (Wildman–Crippen MR) is 127 cm³/mol. The summed E-state index contributed by atoms with van der Waals surface area (Å²) >= 11 is 0. The molecule has 1 aromatic heterocycles. The molecule has 1 aliphatic heterocycles. The summed E-state index contributed by atoms with van der Waals surface area (Å²) in [5, 5.41) is 9.75. The number of aliphatic hydroxyl groups excluding tert-OH is 1. The first-order valence-corrected chi connectivity index (χ1v) is 12.7. The minimum Gasteiger partial charge on any atom is -0.488 e. The van der Waals surface area contributed by atoms with Gasteiger partial charge < -0.3 is 14.7 Å². The first-order chi connectivity index (χ1) is 15.6. The summed E-state index contributed by atoms with van der Waals surface area (Å²) in [5.74, 6) is 0.0759. The van der Waals surface area contributed by atoms with Crippen LogP contribution in [0.25, 0.3) is 0 Å². The summed E-state index contributed by atoms with van der Waals surface area (Å²) < 4.78 is 32.1. The van der Waals surface area contributed by atoms with Crippen LogP contribution in [0.5, 0.6) is 5.75 Å². The van der Waals surface area contributed by atoms with E-state index in [1.54, 1.807) is 36.4 Å². The van der Waals surface area contributed by atoms with Crippen molar-refractivity contribution in [3.05, 3.63) is 53.9 Å². The molecule has 0 spiro atoms. The van der Waals surface area contributed by atoms with Gasteiger partial charge in [0.15, 0.2) is 0 Å². The Bertz CT molecular complexity index is 1060. The van der Waals surface area contributed by atoms with E-state index in [1.807, 2.05) is 26.1 Å².